The Morgan fingerprint density at radius 1 is 1.18 bits per heavy atom. The number of anilines is 1. The molecule has 1 aromatic carbocycles. The van der Waals surface area contributed by atoms with Crippen LogP contribution in [0.15, 0.2) is 24.3 Å². The topological polar surface area (TPSA) is 56.7 Å². The predicted molar refractivity (Wildman–Crippen MR) is 69.2 cm³/mol. The molecule has 0 aliphatic rings. The molecule has 17 heavy (non-hydrogen) atoms. The fourth-order valence-electron chi connectivity index (χ4n) is 1.86. The Morgan fingerprint density at radius 3 is 2.35 bits per heavy atom. The molecule has 0 amide bonds. The number of hydrogen-bond acceptors (Lipinski definition) is 3. The van der Waals surface area contributed by atoms with Gasteiger partial charge in [0, 0.05) is 0 Å². The van der Waals surface area contributed by atoms with Gasteiger partial charge in [0.05, 0.1) is 11.4 Å². The van der Waals surface area contributed by atoms with Crippen LogP contribution >= 0.6 is 0 Å². The van der Waals surface area contributed by atoms with Crippen molar-refractivity contribution in [2.45, 2.75) is 33.1 Å². The van der Waals surface area contributed by atoms with Crippen LogP contribution in [0.5, 0.6) is 0 Å². The first-order valence-electron chi connectivity index (χ1n) is 5.69. The zero-order valence-corrected chi connectivity index (χ0v) is 10.7. The van der Waals surface area contributed by atoms with Gasteiger partial charge in [-0.2, -0.15) is 0 Å². The van der Waals surface area contributed by atoms with Gasteiger partial charge in [-0.1, -0.05) is 44.2 Å². The third-order valence-corrected chi connectivity index (χ3v) is 2.87. The summed E-state index contributed by atoms with van der Waals surface area (Å²) < 4.78 is 1.80. The lowest BCUT2D eigenvalue weighted by atomic mass is 9.86. The van der Waals surface area contributed by atoms with Crippen LogP contribution in [-0.2, 0) is 5.41 Å². The average Bonchev–Trinajstić information content (AvgIpc) is 2.59. The van der Waals surface area contributed by atoms with E-state index >= 15 is 0 Å². The summed E-state index contributed by atoms with van der Waals surface area (Å²) in [6.45, 7) is 8.47. The number of para-hydroxylation sites is 1. The van der Waals surface area contributed by atoms with Crippen molar-refractivity contribution in [1.29, 1.82) is 0 Å². The maximum atomic E-state index is 5.74. The molecule has 0 aliphatic carbocycles. The smallest absolute Gasteiger partial charge is 0.169 e. The number of hydrogen-bond donors (Lipinski definition) is 1. The van der Waals surface area contributed by atoms with Crippen LogP contribution in [0.4, 0.5) is 5.82 Å². The number of rotatable bonds is 1. The number of nitrogens with zero attached hydrogens (tertiary/aromatic N) is 3. The maximum absolute atomic E-state index is 5.74. The van der Waals surface area contributed by atoms with Crippen molar-refractivity contribution in [1.82, 2.24) is 15.0 Å². The summed E-state index contributed by atoms with van der Waals surface area (Å²) in [4.78, 5) is 0. The van der Waals surface area contributed by atoms with Crippen LogP contribution in [0, 0.1) is 6.92 Å². The van der Waals surface area contributed by atoms with Crippen molar-refractivity contribution < 1.29 is 0 Å². The number of benzene rings is 1. The molecule has 0 spiro atoms. The normalized spacial score (nSPS) is 11.8. The maximum Gasteiger partial charge on any atom is 0.169 e. The highest BCUT2D eigenvalue weighted by Crippen LogP contribution is 2.28. The molecule has 0 bridgehead atoms. The van der Waals surface area contributed by atoms with E-state index in [-0.39, 0.29) is 5.41 Å². The van der Waals surface area contributed by atoms with Gasteiger partial charge >= 0.3 is 0 Å². The van der Waals surface area contributed by atoms with E-state index in [0.717, 1.165) is 11.4 Å². The lowest BCUT2D eigenvalue weighted by Crippen LogP contribution is -2.16. The van der Waals surface area contributed by atoms with Gasteiger partial charge in [0.15, 0.2) is 5.82 Å². The van der Waals surface area contributed by atoms with Crippen LogP contribution < -0.4 is 5.73 Å². The Morgan fingerprint density at radius 2 is 1.82 bits per heavy atom. The number of aromatic nitrogens is 3. The number of nitrogen functional groups attached to an aromatic ring is 1. The fourth-order valence-corrected chi connectivity index (χ4v) is 1.86. The van der Waals surface area contributed by atoms with E-state index in [4.69, 9.17) is 5.73 Å². The second-order valence-electron chi connectivity index (χ2n) is 5.24. The molecule has 0 radical (unpaired) electrons. The predicted octanol–water partition coefficient (Wildman–Crippen LogP) is 2.46. The third-order valence-electron chi connectivity index (χ3n) is 2.87. The van der Waals surface area contributed by atoms with Crippen molar-refractivity contribution in [2.75, 3.05) is 5.73 Å². The van der Waals surface area contributed by atoms with Crippen LogP contribution in [0.25, 0.3) is 5.69 Å². The molecule has 1 aromatic heterocycles. The van der Waals surface area contributed by atoms with Crippen molar-refractivity contribution in [3.8, 4) is 5.69 Å². The zero-order valence-electron chi connectivity index (χ0n) is 10.7. The van der Waals surface area contributed by atoms with E-state index in [2.05, 4.69) is 37.1 Å². The molecule has 0 fully saturated rings. The van der Waals surface area contributed by atoms with E-state index in [1.807, 2.05) is 25.1 Å². The van der Waals surface area contributed by atoms with Gasteiger partial charge < -0.3 is 5.73 Å². The minimum Gasteiger partial charge on any atom is -0.381 e. The minimum absolute atomic E-state index is 0.0593. The standard InChI is InChI=1S/C13H18N4/c1-9-12(14)15-16-17(9)11-8-6-5-7-10(11)13(2,3)4/h5-8H,14H2,1-4H3. The summed E-state index contributed by atoms with van der Waals surface area (Å²) in [6.07, 6.45) is 0. The second kappa shape index (κ2) is 3.87. The van der Waals surface area contributed by atoms with Gasteiger partial charge in [0.25, 0.3) is 0 Å². The number of nitrogens with two attached hydrogens (primary N) is 1. The monoisotopic (exact) mass is 230 g/mol. The molecule has 0 unspecified atom stereocenters. The van der Waals surface area contributed by atoms with E-state index in [9.17, 15) is 0 Å². The Labute approximate surface area is 101 Å². The van der Waals surface area contributed by atoms with Crippen LogP contribution in [0.3, 0.4) is 0 Å². The molecule has 2 aromatic rings. The minimum atomic E-state index is 0.0593. The van der Waals surface area contributed by atoms with E-state index in [1.165, 1.54) is 5.56 Å². The van der Waals surface area contributed by atoms with Gasteiger partial charge in [0.2, 0.25) is 0 Å². The first-order valence-corrected chi connectivity index (χ1v) is 5.69. The molecule has 90 valence electrons. The Kier molecular flexibility index (Phi) is 2.65. The Bertz CT molecular complexity index is 535. The molecule has 4 heteroatoms. The first kappa shape index (κ1) is 11.6. The SMILES string of the molecule is Cc1c(N)nnn1-c1ccccc1C(C)(C)C. The van der Waals surface area contributed by atoms with Crippen molar-refractivity contribution >= 4 is 5.82 Å². The van der Waals surface area contributed by atoms with E-state index < -0.39 is 0 Å². The molecular weight excluding hydrogens is 212 g/mol. The Hall–Kier alpha value is -1.84. The molecule has 4 nitrogen and oxygen atoms in total. The Balaban J connectivity index is 2.64. The van der Waals surface area contributed by atoms with Crippen LogP contribution in [0.1, 0.15) is 32.0 Å². The summed E-state index contributed by atoms with van der Waals surface area (Å²) in [6, 6.07) is 8.20. The molecule has 0 atom stereocenters. The largest absolute Gasteiger partial charge is 0.381 e. The van der Waals surface area contributed by atoms with E-state index in [1.54, 1.807) is 4.68 Å². The molecule has 0 saturated carbocycles. The molecule has 0 aliphatic heterocycles. The summed E-state index contributed by atoms with van der Waals surface area (Å²) in [5.41, 5.74) is 8.95. The molecule has 1 heterocycles. The van der Waals surface area contributed by atoms with Crippen molar-refractivity contribution in [3.05, 3.63) is 35.5 Å². The summed E-state index contributed by atoms with van der Waals surface area (Å²) >= 11 is 0. The van der Waals surface area contributed by atoms with Gasteiger partial charge in [-0.15, -0.1) is 5.10 Å². The summed E-state index contributed by atoms with van der Waals surface area (Å²) in [5, 5.41) is 8.01. The first-order chi connectivity index (χ1) is 7.91. The lowest BCUT2D eigenvalue weighted by molar-refractivity contribution is 0.581. The van der Waals surface area contributed by atoms with Gasteiger partial charge in [-0.25, -0.2) is 4.68 Å². The zero-order chi connectivity index (χ0) is 12.6. The van der Waals surface area contributed by atoms with E-state index in [0.29, 0.717) is 5.82 Å². The highest BCUT2D eigenvalue weighted by molar-refractivity contribution is 5.47. The van der Waals surface area contributed by atoms with Crippen LogP contribution in [-0.4, -0.2) is 15.0 Å². The molecule has 2 N–H and O–H groups in total. The summed E-state index contributed by atoms with van der Waals surface area (Å²) in [7, 11) is 0. The highest BCUT2D eigenvalue weighted by atomic mass is 15.4. The van der Waals surface area contributed by atoms with Gasteiger partial charge in [-0.05, 0) is 24.0 Å². The van der Waals surface area contributed by atoms with Gasteiger partial charge in [-0.3, -0.25) is 0 Å². The second-order valence-corrected chi connectivity index (χ2v) is 5.24. The lowest BCUT2D eigenvalue weighted by Gasteiger charge is -2.22. The quantitative estimate of drug-likeness (QED) is 0.818. The average molecular weight is 230 g/mol. The highest BCUT2D eigenvalue weighted by Gasteiger charge is 2.20. The third kappa shape index (κ3) is 2.02. The molecular formula is C13H18N4. The fraction of sp³-hybridized carbons (Fsp3) is 0.385. The molecule has 0 saturated heterocycles. The van der Waals surface area contributed by atoms with Crippen molar-refractivity contribution in [3.63, 3.8) is 0 Å². The van der Waals surface area contributed by atoms with Crippen molar-refractivity contribution in [2.24, 2.45) is 0 Å². The van der Waals surface area contributed by atoms with Gasteiger partial charge in [0.1, 0.15) is 0 Å². The summed E-state index contributed by atoms with van der Waals surface area (Å²) in [5.74, 6) is 0.480. The molecule has 2 rings (SSSR count). The van der Waals surface area contributed by atoms with Crippen LogP contribution in [0.2, 0.25) is 0 Å².